The van der Waals surface area contributed by atoms with Gasteiger partial charge in [0, 0.05) is 17.3 Å². The van der Waals surface area contributed by atoms with Crippen LogP contribution in [0.3, 0.4) is 0 Å². The van der Waals surface area contributed by atoms with Crippen molar-refractivity contribution in [2.45, 2.75) is 25.8 Å². The molecule has 0 saturated carbocycles. The number of carbonyl (C=O) groups excluding carboxylic acids is 1. The van der Waals surface area contributed by atoms with Gasteiger partial charge in [0.25, 0.3) is 5.91 Å². The molecule has 2 rings (SSSR count). The first-order valence-electron chi connectivity index (χ1n) is 6.01. The van der Waals surface area contributed by atoms with Crippen molar-refractivity contribution in [1.82, 2.24) is 10.3 Å². The number of nitrogens with one attached hydrogen (secondary N) is 1. The number of rotatable bonds is 2. The Kier molecular flexibility index (Phi) is 4.10. The summed E-state index contributed by atoms with van der Waals surface area (Å²) in [4.78, 5) is 16.0. The summed E-state index contributed by atoms with van der Waals surface area (Å²) in [7, 11) is -3.03. The van der Waals surface area contributed by atoms with Crippen LogP contribution in [-0.4, -0.2) is 36.9 Å². The summed E-state index contributed by atoms with van der Waals surface area (Å²) in [6.07, 6.45) is 1.27. The Labute approximate surface area is 117 Å². The molecule has 0 aliphatic carbocycles. The number of carbonyl (C=O) groups is 1. The molecule has 1 fully saturated rings. The number of aromatic nitrogens is 1. The maximum atomic E-state index is 12.0. The van der Waals surface area contributed by atoms with Crippen molar-refractivity contribution in [1.29, 1.82) is 0 Å². The van der Waals surface area contributed by atoms with Gasteiger partial charge in [0.2, 0.25) is 0 Å². The van der Waals surface area contributed by atoms with Gasteiger partial charge in [0.1, 0.15) is 5.15 Å². The van der Waals surface area contributed by atoms with Gasteiger partial charge < -0.3 is 5.32 Å². The maximum Gasteiger partial charge on any atom is 0.251 e. The lowest BCUT2D eigenvalue weighted by Gasteiger charge is -2.23. The molecule has 5 nitrogen and oxygen atoms in total. The molecular formula is C12H15ClN2O3S. The van der Waals surface area contributed by atoms with Crippen LogP contribution in [0, 0.1) is 6.92 Å². The van der Waals surface area contributed by atoms with Gasteiger partial charge >= 0.3 is 0 Å². The zero-order valence-corrected chi connectivity index (χ0v) is 12.1. The average Bonchev–Trinajstić information content (AvgIpc) is 2.26. The van der Waals surface area contributed by atoms with Crippen LogP contribution in [0.1, 0.15) is 28.9 Å². The third-order valence-electron chi connectivity index (χ3n) is 2.98. The minimum atomic E-state index is -3.03. The summed E-state index contributed by atoms with van der Waals surface area (Å²) >= 11 is 5.80. The molecule has 0 bridgehead atoms. The maximum absolute atomic E-state index is 12.0. The van der Waals surface area contributed by atoms with E-state index in [-0.39, 0.29) is 28.6 Å². The second-order valence-electron chi connectivity index (χ2n) is 4.75. The van der Waals surface area contributed by atoms with Crippen molar-refractivity contribution in [3.8, 4) is 0 Å². The molecule has 1 saturated heterocycles. The topological polar surface area (TPSA) is 76.1 Å². The molecule has 104 valence electrons. The molecule has 7 heteroatoms. The van der Waals surface area contributed by atoms with E-state index in [1.807, 2.05) is 0 Å². The number of sulfone groups is 1. The normalized spacial score (nSPS) is 21.9. The van der Waals surface area contributed by atoms with Gasteiger partial charge in [-0.15, -0.1) is 0 Å². The highest BCUT2D eigenvalue weighted by atomic mass is 35.5. The summed E-state index contributed by atoms with van der Waals surface area (Å²) < 4.78 is 23.0. The van der Waals surface area contributed by atoms with E-state index < -0.39 is 9.84 Å². The smallest absolute Gasteiger partial charge is 0.251 e. The lowest BCUT2D eigenvalue weighted by Crippen LogP contribution is -2.43. The largest absolute Gasteiger partial charge is 0.348 e. The second-order valence-corrected chi connectivity index (χ2v) is 7.36. The van der Waals surface area contributed by atoms with Crippen molar-refractivity contribution >= 4 is 27.3 Å². The molecular weight excluding hydrogens is 288 g/mol. The highest BCUT2D eigenvalue weighted by Gasteiger charge is 2.26. The molecule has 2 heterocycles. The van der Waals surface area contributed by atoms with E-state index in [1.165, 1.54) is 6.07 Å². The molecule has 1 aromatic heterocycles. The van der Waals surface area contributed by atoms with Crippen LogP contribution in [0.5, 0.6) is 0 Å². The lowest BCUT2D eigenvalue weighted by atomic mass is 10.1. The quantitative estimate of drug-likeness (QED) is 0.837. The van der Waals surface area contributed by atoms with E-state index in [0.717, 1.165) is 0 Å². The van der Waals surface area contributed by atoms with E-state index in [4.69, 9.17) is 11.6 Å². The zero-order valence-electron chi connectivity index (χ0n) is 10.5. The van der Waals surface area contributed by atoms with Crippen LogP contribution in [0.15, 0.2) is 12.1 Å². The van der Waals surface area contributed by atoms with Crippen LogP contribution >= 0.6 is 11.6 Å². The van der Waals surface area contributed by atoms with E-state index in [0.29, 0.717) is 24.1 Å². The highest BCUT2D eigenvalue weighted by Crippen LogP contribution is 2.14. The minimum Gasteiger partial charge on any atom is -0.348 e. The van der Waals surface area contributed by atoms with Gasteiger partial charge in [-0.25, -0.2) is 13.4 Å². The third kappa shape index (κ3) is 3.91. The van der Waals surface area contributed by atoms with E-state index in [9.17, 15) is 13.2 Å². The molecule has 0 radical (unpaired) electrons. The summed E-state index contributed by atoms with van der Waals surface area (Å²) in [5.41, 5.74) is 1.05. The van der Waals surface area contributed by atoms with Crippen LogP contribution in [-0.2, 0) is 9.84 Å². The highest BCUT2D eigenvalue weighted by molar-refractivity contribution is 7.91. The minimum absolute atomic E-state index is 0.0105. The monoisotopic (exact) mass is 302 g/mol. The number of hydrogen-bond acceptors (Lipinski definition) is 4. The Morgan fingerprint density at radius 1 is 1.47 bits per heavy atom. The fourth-order valence-corrected chi connectivity index (χ4v) is 4.05. The number of nitrogens with zero attached hydrogens (tertiary/aromatic N) is 1. The fourth-order valence-electron chi connectivity index (χ4n) is 2.16. The number of pyridine rings is 1. The van der Waals surface area contributed by atoms with Crippen molar-refractivity contribution in [2.24, 2.45) is 0 Å². The van der Waals surface area contributed by atoms with Gasteiger partial charge in [-0.1, -0.05) is 11.6 Å². The molecule has 1 aromatic rings. The third-order valence-corrected chi connectivity index (χ3v) is 5.00. The Balaban J connectivity index is 2.08. The number of halogens is 1. The first kappa shape index (κ1) is 14.3. The van der Waals surface area contributed by atoms with Gasteiger partial charge in [-0.3, -0.25) is 4.79 Å². The summed E-state index contributed by atoms with van der Waals surface area (Å²) in [5, 5.41) is 2.99. The molecule has 1 amide bonds. The van der Waals surface area contributed by atoms with Crippen LogP contribution < -0.4 is 5.32 Å². The Hall–Kier alpha value is -1.14. The zero-order chi connectivity index (χ0) is 14.0. The van der Waals surface area contributed by atoms with Gasteiger partial charge in [0.15, 0.2) is 9.84 Å². The number of hydrogen-bond donors (Lipinski definition) is 1. The molecule has 1 N–H and O–H groups in total. The van der Waals surface area contributed by atoms with Crippen molar-refractivity contribution < 1.29 is 13.2 Å². The molecule has 1 atom stereocenters. The van der Waals surface area contributed by atoms with Crippen molar-refractivity contribution in [3.63, 3.8) is 0 Å². The predicted molar refractivity (Wildman–Crippen MR) is 73.1 cm³/mol. The first-order chi connectivity index (χ1) is 8.85. The summed E-state index contributed by atoms with van der Waals surface area (Å²) in [5.74, 6) is -0.0923. The molecule has 1 aliphatic heterocycles. The predicted octanol–water partition coefficient (Wildman–Crippen LogP) is 1.35. The molecule has 19 heavy (non-hydrogen) atoms. The molecule has 1 aliphatic rings. The molecule has 0 spiro atoms. The van der Waals surface area contributed by atoms with E-state index in [2.05, 4.69) is 10.3 Å². The van der Waals surface area contributed by atoms with Crippen LogP contribution in [0.2, 0.25) is 5.15 Å². The van der Waals surface area contributed by atoms with Crippen LogP contribution in [0.4, 0.5) is 0 Å². The standard InChI is InChI=1S/C12H15ClN2O3S/c1-8-5-9(6-11(13)14-8)12(16)15-10-3-2-4-19(17,18)7-10/h5-6,10H,2-4,7H2,1H3,(H,15,16). The fraction of sp³-hybridized carbons (Fsp3) is 0.500. The van der Waals surface area contributed by atoms with Crippen molar-refractivity contribution in [2.75, 3.05) is 11.5 Å². The van der Waals surface area contributed by atoms with Gasteiger partial charge in [-0.05, 0) is 31.9 Å². The average molecular weight is 303 g/mol. The van der Waals surface area contributed by atoms with Crippen LogP contribution in [0.25, 0.3) is 0 Å². The lowest BCUT2D eigenvalue weighted by molar-refractivity contribution is 0.0938. The molecule has 1 unspecified atom stereocenters. The van der Waals surface area contributed by atoms with Gasteiger partial charge in [-0.2, -0.15) is 0 Å². The van der Waals surface area contributed by atoms with Crippen molar-refractivity contribution in [3.05, 3.63) is 28.5 Å². The molecule has 0 aromatic carbocycles. The Bertz CT molecular complexity index is 581. The van der Waals surface area contributed by atoms with Gasteiger partial charge in [0.05, 0.1) is 11.5 Å². The number of amides is 1. The number of aryl methyl sites for hydroxylation is 1. The first-order valence-corrected chi connectivity index (χ1v) is 8.21. The summed E-state index contributed by atoms with van der Waals surface area (Å²) in [6.45, 7) is 1.74. The SMILES string of the molecule is Cc1cc(C(=O)NC2CCCS(=O)(=O)C2)cc(Cl)n1. The Morgan fingerprint density at radius 3 is 2.84 bits per heavy atom. The Morgan fingerprint density at radius 2 is 2.21 bits per heavy atom. The van der Waals surface area contributed by atoms with E-state index in [1.54, 1.807) is 13.0 Å². The summed E-state index contributed by atoms with van der Waals surface area (Å²) in [6, 6.07) is 2.78. The van der Waals surface area contributed by atoms with E-state index >= 15 is 0 Å². The second kappa shape index (κ2) is 5.46.